The third-order valence-electron chi connectivity index (χ3n) is 2.13. The number of hydrogen-bond acceptors (Lipinski definition) is 3. The molecule has 0 heterocycles. The van der Waals surface area contributed by atoms with Crippen LogP contribution in [0.15, 0.2) is 17.0 Å². The fourth-order valence-corrected chi connectivity index (χ4v) is 2.86. The Morgan fingerprint density at radius 3 is 2.65 bits per heavy atom. The van der Waals surface area contributed by atoms with Gasteiger partial charge in [-0.05, 0) is 18.6 Å². The predicted molar refractivity (Wildman–Crippen MR) is 64.8 cm³/mol. The van der Waals surface area contributed by atoms with Crippen molar-refractivity contribution in [2.45, 2.75) is 24.8 Å². The van der Waals surface area contributed by atoms with Gasteiger partial charge in [0.15, 0.2) is 0 Å². The van der Waals surface area contributed by atoms with Crippen molar-refractivity contribution >= 4 is 21.6 Å². The molecule has 1 aromatic carbocycles. The van der Waals surface area contributed by atoms with E-state index < -0.39 is 20.7 Å². The zero-order valence-corrected chi connectivity index (χ0v) is 10.9. The summed E-state index contributed by atoms with van der Waals surface area (Å²) in [5.41, 5.74) is 5.40. The van der Waals surface area contributed by atoms with Crippen molar-refractivity contribution < 1.29 is 12.8 Å². The van der Waals surface area contributed by atoms with E-state index in [-0.39, 0.29) is 23.7 Å². The van der Waals surface area contributed by atoms with Crippen LogP contribution in [0.4, 0.5) is 4.39 Å². The molecule has 0 unspecified atom stereocenters. The number of halogens is 2. The fraction of sp³-hybridized carbons (Fsp3) is 0.400. The molecule has 3 N–H and O–H groups in total. The molecule has 7 heteroatoms. The lowest BCUT2D eigenvalue weighted by atomic mass is 10.2. The van der Waals surface area contributed by atoms with E-state index in [1.807, 2.05) is 6.92 Å². The summed E-state index contributed by atoms with van der Waals surface area (Å²) in [7, 11) is -3.87. The molecule has 1 aromatic rings. The highest BCUT2D eigenvalue weighted by Crippen LogP contribution is 2.23. The van der Waals surface area contributed by atoms with Crippen LogP contribution >= 0.6 is 11.6 Å². The molecule has 0 fully saturated rings. The van der Waals surface area contributed by atoms with Crippen molar-refractivity contribution in [3.8, 4) is 0 Å². The molecular formula is C10H14ClFN2O2S. The Hall–Kier alpha value is -0.690. The van der Waals surface area contributed by atoms with Gasteiger partial charge < -0.3 is 5.73 Å². The molecule has 0 atom stereocenters. The van der Waals surface area contributed by atoms with Gasteiger partial charge in [-0.3, -0.25) is 0 Å². The van der Waals surface area contributed by atoms with Crippen LogP contribution in [0.3, 0.4) is 0 Å². The Balaban J connectivity index is 3.26. The lowest BCUT2D eigenvalue weighted by molar-refractivity contribution is 0.549. The van der Waals surface area contributed by atoms with Crippen molar-refractivity contribution in [2.24, 2.45) is 5.73 Å². The molecule has 0 aliphatic carbocycles. The molecule has 0 saturated heterocycles. The van der Waals surface area contributed by atoms with Crippen LogP contribution in [-0.4, -0.2) is 15.0 Å². The van der Waals surface area contributed by atoms with E-state index in [0.717, 1.165) is 6.07 Å². The van der Waals surface area contributed by atoms with Crippen LogP contribution in [0.1, 0.15) is 18.9 Å². The third kappa shape index (κ3) is 3.38. The second kappa shape index (κ2) is 5.77. The van der Waals surface area contributed by atoms with E-state index in [1.54, 1.807) is 0 Å². The minimum absolute atomic E-state index is 0.0781. The molecule has 0 amide bonds. The molecule has 17 heavy (non-hydrogen) atoms. The van der Waals surface area contributed by atoms with Crippen molar-refractivity contribution in [1.82, 2.24) is 4.72 Å². The summed E-state index contributed by atoms with van der Waals surface area (Å²) in [6.45, 7) is 1.94. The van der Waals surface area contributed by atoms with Crippen molar-refractivity contribution in [3.05, 3.63) is 28.5 Å². The summed E-state index contributed by atoms with van der Waals surface area (Å²) in [4.78, 5) is -0.459. The Kier molecular flexibility index (Phi) is 4.88. The summed E-state index contributed by atoms with van der Waals surface area (Å²) in [6.07, 6.45) is 0.616. The second-order valence-electron chi connectivity index (χ2n) is 3.48. The lowest BCUT2D eigenvalue weighted by Gasteiger charge is -2.09. The Labute approximate surface area is 105 Å². The summed E-state index contributed by atoms with van der Waals surface area (Å²) < 4.78 is 39.7. The zero-order valence-electron chi connectivity index (χ0n) is 9.33. The number of rotatable bonds is 5. The van der Waals surface area contributed by atoms with Gasteiger partial charge in [-0.25, -0.2) is 17.5 Å². The van der Waals surface area contributed by atoms with Crippen molar-refractivity contribution in [3.63, 3.8) is 0 Å². The van der Waals surface area contributed by atoms with Crippen molar-refractivity contribution in [1.29, 1.82) is 0 Å². The van der Waals surface area contributed by atoms with E-state index >= 15 is 0 Å². The van der Waals surface area contributed by atoms with Gasteiger partial charge in [0, 0.05) is 23.7 Å². The van der Waals surface area contributed by atoms with E-state index in [1.165, 1.54) is 6.07 Å². The topological polar surface area (TPSA) is 72.2 Å². The van der Waals surface area contributed by atoms with Gasteiger partial charge in [-0.1, -0.05) is 18.5 Å². The summed E-state index contributed by atoms with van der Waals surface area (Å²) >= 11 is 5.73. The van der Waals surface area contributed by atoms with Crippen LogP contribution in [-0.2, 0) is 16.6 Å². The highest BCUT2D eigenvalue weighted by atomic mass is 35.5. The van der Waals surface area contributed by atoms with Crippen LogP contribution in [0, 0.1) is 5.82 Å². The van der Waals surface area contributed by atoms with Crippen LogP contribution in [0.5, 0.6) is 0 Å². The van der Waals surface area contributed by atoms with E-state index in [4.69, 9.17) is 17.3 Å². The van der Waals surface area contributed by atoms with E-state index in [0.29, 0.717) is 6.42 Å². The van der Waals surface area contributed by atoms with Gasteiger partial charge in [-0.15, -0.1) is 0 Å². The summed E-state index contributed by atoms with van der Waals surface area (Å²) in [5.74, 6) is -0.847. The Bertz CT molecular complexity index is 505. The number of sulfonamides is 1. The lowest BCUT2D eigenvalue weighted by Crippen LogP contribution is -2.25. The average molecular weight is 281 g/mol. The standard InChI is InChI=1S/C10H14ClFN2O2S/c1-2-3-14-17(15,16)9-5-8(11)4-7(6-13)10(9)12/h4-5,14H,2-3,6,13H2,1H3. The minimum atomic E-state index is -3.87. The van der Waals surface area contributed by atoms with Crippen LogP contribution in [0.25, 0.3) is 0 Å². The number of nitrogens with one attached hydrogen (secondary N) is 1. The molecule has 4 nitrogen and oxygen atoms in total. The highest BCUT2D eigenvalue weighted by Gasteiger charge is 2.21. The van der Waals surface area contributed by atoms with Gasteiger partial charge >= 0.3 is 0 Å². The molecule has 0 bridgehead atoms. The maximum absolute atomic E-state index is 13.8. The molecule has 0 spiro atoms. The van der Waals surface area contributed by atoms with Gasteiger partial charge in [-0.2, -0.15) is 0 Å². The quantitative estimate of drug-likeness (QED) is 0.861. The molecule has 0 aromatic heterocycles. The first-order chi connectivity index (χ1) is 7.92. The van der Waals surface area contributed by atoms with Crippen LogP contribution < -0.4 is 10.5 Å². The first-order valence-electron chi connectivity index (χ1n) is 5.10. The van der Waals surface area contributed by atoms with Gasteiger partial charge in [0.2, 0.25) is 10.0 Å². The first-order valence-corrected chi connectivity index (χ1v) is 6.96. The molecule has 1 rings (SSSR count). The first kappa shape index (κ1) is 14.4. The average Bonchev–Trinajstić information content (AvgIpc) is 2.29. The highest BCUT2D eigenvalue weighted by molar-refractivity contribution is 7.89. The number of hydrogen-bond donors (Lipinski definition) is 2. The summed E-state index contributed by atoms with van der Waals surface area (Å²) in [5, 5.41) is 0.142. The monoisotopic (exact) mass is 280 g/mol. The third-order valence-corrected chi connectivity index (χ3v) is 3.81. The second-order valence-corrected chi connectivity index (χ2v) is 5.65. The molecule has 0 saturated carbocycles. The predicted octanol–water partition coefficient (Wildman–Crippen LogP) is 1.63. The molecule has 0 aliphatic heterocycles. The zero-order chi connectivity index (χ0) is 13.1. The smallest absolute Gasteiger partial charge is 0.243 e. The number of benzene rings is 1. The fourth-order valence-electron chi connectivity index (χ4n) is 1.28. The van der Waals surface area contributed by atoms with Gasteiger partial charge in [0.25, 0.3) is 0 Å². The molecule has 0 aliphatic rings. The minimum Gasteiger partial charge on any atom is -0.326 e. The van der Waals surface area contributed by atoms with Crippen molar-refractivity contribution in [2.75, 3.05) is 6.54 Å². The molecule has 0 radical (unpaired) electrons. The Morgan fingerprint density at radius 2 is 2.12 bits per heavy atom. The van der Waals surface area contributed by atoms with E-state index in [9.17, 15) is 12.8 Å². The van der Waals surface area contributed by atoms with Gasteiger partial charge in [0.1, 0.15) is 10.7 Å². The van der Waals surface area contributed by atoms with Gasteiger partial charge in [0.05, 0.1) is 0 Å². The van der Waals surface area contributed by atoms with Crippen LogP contribution in [0.2, 0.25) is 5.02 Å². The largest absolute Gasteiger partial charge is 0.326 e. The Morgan fingerprint density at radius 1 is 1.47 bits per heavy atom. The molecular weight excluding hydrogens is 267 g/mol. The maximum atomic E-state index is 13.8. The number of nitrogens with two attached hydrogens (primary N) is 1. The maximum Gasteiger partial charge on any atom is 0.243 e. The normalized spacial score (nSPS) is 11.8. The van der Waals surface area contributed by atoms with E-state index in [2.05, 4.69) is 4.72 Å². The summed E-state index contributed by atoms with van der Waals surface area (Å²) in [6, 6.07) is 2.39. The SMILES string of the molecule is CCCNS(=O)(=O)c1cc(Cl)cc(CN)c1F. The molecule has 96 valence electrons.